The number of aliphatic imine (C=N–C) groups is 8. The summed E-state index contributed by atoms with van der Waals surface area (Å²) in [6.45, 7) is 12.0. The van der Waals surface area contributed by atoms with Crippen LogP contribution in [0.25, 0.3) is 0 Å². The van der Waals surface area contributed by atoms with E-state index >= 15 is 0 Å². The standard InChI is InChI=1S/C45H64N12.C43H60N12/c46-42(56-44(48)54-34-40(36-20-8-4-9-21-36)37-22-10-5-11-23-37)52-32-18-30-50-28-16-2-1-3-17-29-51-31-19-33-53-43(47)57-45(49)55-35-41(38-24-12-6-13-25-38)39-26-14-7-15-27-39;44-40(54-42(46)52-32-24-38(34-16-5-1-6-17-34)35-18-7-2-8-19-35)50-30-14-28-48-26-13-27-49-29-15-31-51-41(45)55-43(47)53-33-25-39(36-20-9-3-10-21-36)37-22-11-4-12-23-37/h4-15,20-27,40-41,50-51H,1-3,16-19,28-35H2,(H5,46,48,52,54,56)(H5,47,49,53,55,57);1-12,16-23,38-39,48-49H,13-15,24-33H2,(H5,44,46,50,52,54)(H5,45,47,51,53,55). The van der Waals surface area contributed by atoms with Gasteiger partial charge in [0, 0.05) is 62.9 Å². The van der Waals surface area contributed by atoms with Gasteiger partial charge in [0.1, 0.15) is 0 Å². The van der Waals surface area contributed by atoms with Crippen LogP contribution in [0.1, 0.15) is 145 Å². The predicted octanol–water partition coefficient (Wildman–Crippen LogP) is 9.22. The molecule has 0 amide bonds. The Morgan fingerprint density at radius 1 is 0.196 bits per heavy atom. The number of hydrogen-bond donors (Lipinski definition) is 16. The van der Waals surface area contributed by atoms with Gasteiger partial charge in [-0.15, -0.1) is 0 Å². The summed E-state index contributed by atoms with van der Waals surface area (Å²) in [7, 11) is 0. The van der Waals surface area contributed by atoms with Crippen LogP contribution in [-0.4, -0.2) is 152 Å². The van der Waals surface area contributed by atoms with E-state index in [-0.39, 0.29) is 71.3 Å². The van der Waals surface area contributed by atoms with Crippen LogP contribution in [0.4, 0.5) is 0 Å². The summed E-state index contributed by atoms with van der Waals surface area (Å²) in [6, 6.07) is 83.2. The Morgan fingerprint density at radius 2 is 0.375 bits per heavy atom. The fourth-order valence-corrected chi connectivity index (χ4v) is 12.7. The summed E-state index contributed by atoms with van der Waals surface area (Å²) in [6.07, 6.45) is 12.2. The van der Waals surface area contributed by atoms with E-state index in [0.717, 1.165) is 97.3 Å². The molecule has 0 spiro atoms. The van der Waals surface area contributed by atoms with E-state index in [9.17, 15) is 0 Å². The SMILES string of the molecule is NC(=NCCCNCCCCCCCNCCCN=C(N)NC(N)=NCC(c1ccccc1)c1ccccc1)NC(N)=NCC(c1ccccc1)c1ccccc1.NC(=NCCCNCCCNCCCN=C(N)NC(N)=NCCC(c1ccccc1)c1ccccc1)NC(N)=NCCC(c1ccccc1)c1ccccc1. The fourth-order valence-electron chi connectivity index (χ4n) is 12.7. The highest BCUT2D eigenvalue weighted by Gasteiger charge is 2.18. The zero-order chi connectivity index (χ0) is 78.9. The minimum atomic E-state index is 0.102. The highest BCUT2D eigenvalue weighted by Crippen LogP contribution is 2.30. The van der Waals surface area contributed by atoms with Gasteiger partial charge in [-0.2, -0.15) is 0 Å². The van der Waals surface area contributed by atoms with Crippen molar-refractivity contribution in [3.63, 3.8) is 0 Å². The van der Waals surface area contributed by atoms with E-state index in [1.165, 1.54) is 76.6 Å². The smallest absolute Gasteiger partial charge is 0.195 e. The highest BCUT2D eigenvalue weighted by atomic mass is 15.2. The molecule has 0 aliphatic carbocycles. The van der Waals surface area contributed by atoms with Gasteiger partial charge in [-0.05, 0) is 155 Å². The van der Waals surface area contributed by atoms with Gasteiger partial charge >= 0.3 is 0 Å². The number of unbranched alkanes of at least 4 members (excludes halogenated alkanes) is 4. The van der Waals surface area contributed by atoms with Gasteiger partial charge in [-0.1, -0.05) is 262 Å². The normalized spacial score (nSPS) is 12.7. The van der Waals surface area contributed by atoms with Crippen molar-refractivity contribution in [3.8, 4) is 0 Å². The molecule has 8 aromatic carbocycles. The van der Waals surface area contributed by atoms with Crippen LogP contribution >= 0.6 is 0 Å². The average molecular weight is 1520 g/mol. The van der Waals surface area contributed by atoms with Gasteiger partial charge < -0.3 is 67.1 Å². The molecule has 0 fully saturated rings. The number of guanidine groups is 8. The van der Waals surface area contributed by atoms with E-state index in [0.29, 0.717) is 52.4 Å². The Kier molecular flexibility index (Phi) is 43.1. The molecule has 0 atom stereocenters. The van der Waals surface area contributed by atoms with Crippen LogP contribution in [0.15, 0.2) is 283 Å². The molecule has 596 valence electrons. The summed E-state index contributed by atoms with van der Waals surface area (Å²) in [4.78, 5) is 35.7. The second-order valence-electron chi connectivity index (χ2n) is 27.2. The predicted molar refractivity (Wildman–Crippen MR) is 470 cm³/mol. The minimum Gasteiger partial charge on any atom is -0.370 e. The van der Waals surface area contributed by atoms with Crippen molar-refractivity contribution < 1.29 is 0 Å². The Bertz CT molecular complexity index is 3600. The highest BCUT2D eigenvalue weighted by molar-refractivity contribution is 5.98. The molecule has 8 rings (SSSR count). The quantitative estimate of drug-likeness (QED) is 0.00960. The number of rotatable bonds is 46. The van der Waals surface area contributed by atoms with Crippen molar-refractivity contribution in [2.75, 3.05) is 105 Å². The van der Waals surface area contributed by atoms with Gasteiger partial charge in [-0.25, -0.2) is 0 Å². The van der Waals surface area contributed by atoms with Gasteiger partial charge in [-0.3, -0.25) is 61.2 Å². The van der Waals surface area contributed by atoms with Crippen molar-refractivity contribution in [2.45, 2.75) is 101 Å². The summed E-state index contributed by atoms with van der Waals surface area (Å²) >= 11 is 0. The Balaban J connectivity index is 0.000000311. The van der Waals surface area contributed by atoms with E-state index in [1.807, 2.05) is 97.1 Å². The van der Waals surface area contributed by atoms with Crippen LogP contribution in [0.2, 0.25) is 0 Å². The minimum absolute atomic E-state index is 0.102. The molecule has 24 nitrogen and oxygen atoms in total. The van der Waals surface area contributed by atoms with Crippen LogP contribution in [0.3, 0.4) is 0 Å². The zero-order valence-electron chi connectivity index (χ0n) is 65.4. The van der Waals surface area contributed by atoms with Gasteiger partial charge in [0.25, 0.3) is 0 Å². The maximum atomic E-state index is 6.14. The molecular weight excluding hydrogens is 1390 g/mol. The van der Waals surface area contributed by atoms with Crippen LogP contribution in [0.5, 0.6) is 0 Å². The third-order valence-electron chi connectivity index (χ3n) is 18.5. The molecule has 0 aliphatic rings. The van der Waals surface area contributed by atoms with Gasteiger partial charge in [0.2, 0.25) is 0 Å². The van der Waals surface area contributed by atoms with Crippen molar-refractivity contribution in [1.29, 1.82) is 0 Å². The molecule has 8 aromatic rings. The Morgan fingerprint density at radius 3 is 0.607 bits per heavy atom. The monoisotopic (exact) mass is 1520 g/mol. The summed E-state index contributed by atoms with van der Waals surface area (Å²) in [5.41, 5.74) is 58.5. The molecule has 112 heavy (non-hydrogen) atoms. The third-order valence-corrected chi connectivity index (χ3v) is 18.5. The number of hydrogen-bond acceptors (Lipinski definition) is 12. The van der Waals surface area contributed by atoms with Crippen molar-refractivity contribution >= 4 is 47.7 Å². The van der Waals surface area contributed by atoms with Gasteiger partial charge in [0.05, 0.1) is 13.1 Å². The second-order valence-corrected chi connectivity index (χ2v) is 27.2. The topological polar surface area (TPSA) is 403 Å². The van der Waals surface area contributed by atoms with Crippen LogP contribution in [-0.2, 0) is 0 Å². The number of nitrogens with zero attached hydrogens (tertiary/aromatic N) is 8. The summed E-state index contributed by atoms with van der Waals surface area (Å²) in [5.74, 6) is 2.89. The lowest BCUT2D eigenvalue weighted by molar-refractivity contribution is 0.550. The molecule has 24 heteroatoms. The molecule has 0 saturated heterocycles. The molecule has 0 heterocycles. The van der Waals surface area contributed by atoms with E-state index in [4.69, 9.17) is 45.9 Å². The molecule has 0 unspecified atom stereocenters. The maximum absolute atomic E-state index is 6.14. The van der Waals surface area contributed by atoms with E-state index in [1.54, 1.807) is 0 Å². The first kappa shape index (κ1) is 87.8. The van der Waals surface area contributed by atoms with E-state index < -0.39 is 0 Å². The average Bonchev–Trinajstić information content (AvgIpc) is 0.873. The first-order valence-corrected chi connectivity index (χ1v) is 39.7. The molecule has 0 saturated carbocycles. The molecular formula is C88H124N24. The Labute approximate surface area is 665 Å². The lowest BCUT2D eigenvalue weighted by atomic mass is 9.89. The first-order valence-electron chi connectivity index (χ1n) is 39.7. The molecule has 24 N–H and O–H groups in total. The largest absolute Gasteiger partial charge is 0.370 e. The third kappa shape index (κ3) is 37.3. The van der Waals surface area contributed by atoms with Crippen LogP contribution in [0, 0.1) is 0 Å². The Hall–Kier alpha value is -11.4. The van der Waals surface area contributed by atoms with E-state index in [2.05, 4.69) is 228 Å². The zero-order valence-corrected chi connectivity index (χ0v) is 65.4. The summed E-state index contributed by atoms with van der Waals surface area (Å²) in [5, 5.41) is 25.6. The second kappa shape index (κ2) is 55.0. The fraction of sp³-hybridized carbons (Fsp3) is 0.364. The number of nitrogens with one attached hydrogen (secondary N) is 8. The van der Waals surface area contributed by atoms with Crippen LogP contribution < -0.4 is 88.4 Å². The van der Waals surface area contributed by atoms with Gasteiger partial charge in [0.15, 0.2) is 47.7 Å². The summed E-state index contributed by atoms with van der Waals surface area (Å²) < 4.78 is 0. The molecule has 0 radical (unpaired) electrons. The maximum Gasteiger partial charge on any atom is 0.195 e. The lowest BCUT2D eigenvalue weighted by Gasteiger charge is -2.17. The van der Waals surface area contributed by atoms with Crippen molar-refractivity contribution in [1.82, 2.24) is 42.5 Å². The van der Waals surface area contributed by atoms with Crippen molar-refractivity contribution in [2.24, 2.45) is 85.8 Å². The first-order chi connectivity index (χ1) is 55.0. The van der Waals surface area contributed by atoms with Crippen molar-refractivity contribution in [3.05, 3.63) is 287 Å². The number of nitrogens with two attached hydrogens (primary N) is 8. The molecule has 0 aromatic heterocycles. The number of benzene rings is 8. The molecule has 0 aliphatic heterocycles. The molecule has 0 bridgehead atoms. The lowest BCUT2D eigenvalue weighted by Crippen LogP contribution is -2.42.